The maximum Gasteiger partial charge on any atom is 0.146 e. The Balaban J connectivity index is 1.32. The third kappa shape index (κ3) is 3.46. The first-order valence-corrected chi connectivity index (χ1v) is 15.3. The highest BCUT2D eigenvalue weighted by Crippen LogP contribution is 2.45. The first-order valence-electron chi connectivity index (χ1n) is 15.3. The molecule has 3 heteroatoms. The fourth-order valence-electron chi connectivity index (χ4n) is 7.42. The predicted molar refractivity (Wildman–Crippen MR) is 189 cm³/mol. The Morgan fingerprint density at radius 1 is 0.422 bits per heavy atom. The normalized spacial score (nSPS) is 12.0. The van der Waals surface area contributed by atoms with Crippen LogP contribution in [0.15, 0.2) is 152 Å². The average molecular weight is 572 g/mol. The molecule has 0 saturated heterocycles. The topological polar surface area (TPSA) is 30.2 Å². The van der Waals surface area contributed by atoms with Crippen molar-refractivity contribution in [3.8, 4) is 22.3 Å². The molecule has 0 aliphatic rings. The molecule has 10 rings (SSSR count). The van der Waals surface area contributed by atoms with Gasteiger partial charge in [0.25, 0.3) is 0 Å². The van der Waals surface area contributed by atoms with Gasteiger partial charge in [-0.2, -0.15) is 0 Å². The predicted octanol–water partition coefficient (Wildman–Crippen LogP) is 11.0. The molecule has 7 aromatic carbocycles. The molecule has 3 heterocycles. The molecule has 0 bridgehead atoms. The average Bonchev–Trinajstić information content (AvgIpc) is 3.50. The van der Waals surface area contributed by atoms with Gasteiger partial charge in [-0.25, -0.2) is 4.98 Å². The van der Waals surface area contributed by atoms with E-state index in [1.165, 1.54) is 54.6 Å². The van der Waals surface area contributed by atoms with Crippen LogP contribution in [0.25, 0.3) is 93.1 Å². The zero-order chi connectivity index (χ0) is 29.5. The van der Waals surface area contributed by atoms with Crippen molar-refractivity contribution >= 4 is 70.8 Å². The number of imidazole rings is 1. The van der Waals surface area contributed by atoms with Crippen molar-refractivity contribution in [1.82, 2.24) is 14.4 Å². The van der Waals surface area contributed by atoms with Gasteiger partial charge in [-0.05, 0) is 97.0 Å². The molecule has 208 valence electrons. The van der Waals surface area contributed by atoms with Gasteiger partial charge in [0, 0.05) is 17.0 Å². The van der Waals surface area contributed by atoms with E-state index in [4.69, 9.17) is 9.97 Å². The minimum atomic E-state index is 0.958. The number of para-hydroxylation sites is 2. The van der Waals surface area contributed by atoms with Crippen LogP contribution in [0.3, 0.4) is 0 Å². The van der Waals surface area contributed by atoms with Gasteiger partial charge in [0.1, 0.15) is 5.65 Å². The minimum absolute atomic E-state index is 0.958. The largest absolute Gasteiger partial charge is 0.290 e. The Morgan fingerprint density at radius 3 is 1.78 bits per heavy atom. The molecule has 10 aromatic rings. The molecule has 0 unspecified atom stereocenters. The van der Waals surface area contributed by atoms with Gasteiger partial charge in [0.15, 0.2) is 0 Å². The van der Waals surface area contributed by atoms with Crippen molar-refractivity contribution in [2.45, 2.75) is 0 Å². The molecule has 0 amide bonds. The first-order chi connectivity index (χ1) is 22.3. The smallest absolute Gasteiger partial charge is 0.146 e. The second kappa shape index (κ2) is 9.22. The molecule has 0 N–H and O–H groups in total. The zero-order valence-corrected chi connectivity index (χ0v) is 24.3. The zero-order valence-electron chi connectivity index (χ0n) is 24.3. The number of rotatable bonds is 2. The SMILES string of the molecule is c1ccc2cc(-c3c4ccccc4c(-c4ccc5c(c4)c4ncccc4n4c6ccccc6nc54)c4ccccc34)ccc2c1. The Kier molecular flexibility index (Phi) is 5.00. The van der Waals surface area contributed by atoms with E-state index in [9.17, 15) is 0 Å². The lowest BCUT2D eigenvalue weighted by Crippen LogP contribution is -1.94. The van der Waals surface area contributed by atoms with Crippen molar-refractivity contribution < 1.29 is 0 Å². The standard InChI is InChI=1S/C42H25N3/c1-2-11-27-24-28(20-19-26(27)10-1)39-30-12-3-5-14-32(30)40(33-15-6-4-13-31(33)39)29-21-22-34-35(25-29)41-38(18-9-23-43-41)45-37-17-8-7-16-36(37)44-42(34)45/h1-25H. The van der Waals surface area contributed by atoms with E-state index in [1.807, 2.05) is 18.3 Å². The van der Waals surface area contributed by atoms with Crippen LogP contribution in [0.1, 0.15) is 0 Å². The van der Waals surface area contributed by atoms with Crippen LogP contribution in [0.5, 0.6) is 0 Å². The van der Waals surface area contributed by atoms with Crippen molar-refractivity contribution in [2.75, 3.05) is 0 Å². The van der Waals surface area contributed by atoms with E-state index < -0.39 is 0 Å². The van der Waals surface area contributed by atoms with Gasteiger partial charge < -0.3 is 0 Å². The molecule has 0 radical (unpaired) electrons. The fourth-order valence-corrected chi connectivity index (χ4v) is 7.42. The molecular formula is C42H25N3. The number of nitrogens with zero attached hydrogens (tertiary/aromatic N) is 3. The molecule has 45 heavy (non-hydrogen) atoms. The molecule has 0 aliphatic heterocycles. The quantitative estimate of drug-likeness (QED) is 0.153. The van der Waals surface area contributed by atoms with E-state index in [0.717, 1.165) is 38.5 Å². The molecule has 0 aliphatic carbocycles. The van der Waals surface area contributed by atoms with Crippen molar-refractivity contribution in [2.24, 2.45) is 0 Å². The van der Waals surface area contributed by atoms with Crippen LogP contribution in [0, 0.1) is 0 Å². The second-order valence-corrected chi connectivity index (χ2v) is 11.8. The molecule has 0 fully saturated rings. The number of aromatic nitrogens is 3. The summed E-state index contributed by atoms with van der Waals surface area (Å²) in [6.45, 7) is 0. The van der Waals surface area contributed by atoms with Crippen LogP contribution < -0.4 is 0 Å². The third-order valence-corrected chi connectivity index (χ3v) is 9.36. The summed E-state index contributed by atoms with van der Waals surface area (Å²) in [7, 11) is 0. The number of benzene rings is 7. The number of pyridine rings is 2. The summed E-state index contributed by atoms with van der Waals surface area (Å²) < 4.78 is 2.25. The maximum atomic E-state index is 5.10. The maximum absolute atomic E-state index is 5.10. The summed E-state index contributed by atoms with van der Waals surface area (Å²) in [5, 5.41) is 9.69. The van der Waals surface area contributed by atoms with Crippen LogP contribution in [-0.2, 0) is 0 Å². The molecular weight excluding hydrogens is 546 g/mol. The van der Waals surface area contributed by atoms with Gasteiger partial charge in [-0.3, -0.25) is 9.38 Å². The number of fused-ring (bicyclic) bond motifs is 11. The van der Waals surface area contributed by atoms with Crippen molar-refractivity contribution in [3.05, 3.63) is 152 Å². The monoisotopic (exact) mass is 571 g/mol. The highest BCUT2D eigenvalue weighted by molar-refractivity contribution is 6.23. The summed E-state index contributed by atoms with van der Waals surface area (Å²) in [4.78, 5) is 10.0. The summed E-state index contributed by atoms with van der Waals surface area (Å²) in [6, 6.07) is 52.5. The van der Waals surface area contributed by atoms with Crippen LogP contribution >= 0.6 is 0 Å². The number of hydrogen-bond donors (Lipinski definition) is 0. The van der Waals surface area contributed by atoms with E-state index in [1.54, 1.807) is 0 Å². The van der Waals surface area contributed by atoms with E-state index >= 15 is 0 Å². The van der Waals surface area contributed by atoms with Gasteiger partial charge in [-0.15, -0.1) is 0 Å². The Hall–Kier alpha value is -6.06. The summed E-state index contributed by atoms with van der Waals surface area (Å²) in [5.74, 6) is 0. The van der Waals surface area contributed by atoms with Crippen LogP contribution in [0.2, 0.25) is 0 Å². The van der Waals surface area contributed by atoms with Gasteiger partial charge in [0.05, 0.1) is 22.1 Å². The molecule has 0 spiro atoms. The summed E-state index contributed by atoms with van der Waals surface area (Å²) >= 11 is 0. The molecule has 3 nitrogen and oxygen atoms in total. The second-order valence-electron chi connectivity index (χ2n) is 11.8. The Labute approximate surface area is 258 Å². The molecule has 0 atom stereocenters. The van der Waals surface area contributed by atoms with Crippen molar-refractivity contribution in [1.29, 1.82) is 0 Å². The Bertz CT molecular complexity index is 2770. The lowest BCUT2D eigenvalue weighted by Gasteiger charge is -2.18. The van der Waals surface area contributed by atoms with Crippen LogP contribution in [0.4, 0.5) is 0 Å². The van der Waals surface area contributed by atoms with Gasteiger partial charge >= 0.3 is 0 Å². The van der Waals surface area contributed by atoms with E-state index in [2.05, 4.69) is 138 Å². The Morgan fingerprint density at radius 2 is 1.02 bits per heavy atom. The highest BCUT2D eigenvalue weighted by atomic mass is 15.0. The van der Waals surface area contributed by atoms with Crippen molar-refractivity contribution in [3.63, 3.8) is 0 Å². The third-order valence-electron chi connectivity index (χ3n) is 9.36. The first kappa shape index (κ1) is 24.4. The minimum Gasteiger partial charge on any atom is -0.290 e. The lowest BCUT2D eigenvalue weighted by molar-refractivity contribution is 1.29. The fraction of sp³-hybridized carbons (Fsp3) is 0. The molecule has 3 aromatic heterocycles. The summed E-state index contributed by atoms with van der Waals surface area (Å²) in [5.41, 5.74) is 10.00. The van der Waals surface area contributed by atoms with Crippen LogP contribution in [-0.4, -0.2) is 14.4 Å². The lowest BCUT2D eigenvalue weighted by atomic mass is 9.85. The summed E-state index contributed by atoms with van der Waals surface area (Å²) in [6.07, 6.45) is 1.89. The van der Waals surface area contributed by atoms with Gasteiger partial charge in [0.2, 0.25) is 0 Å². The van der Waals surface area contributed by atoms with E-state index in [0.29, 0.717) is 0 Å². The number of hydrogen-bond acceptors (Lipinski definition) is 2. The molecule has 0 saturated carbocycles. The van der Waals surface area contributed by atoms with E-state index in [-0.39, 0.29) is 0 Å². The highest BCUT2D eigenvalue weighted by Gasteiger charge is 2.19. The van der Waals surface area contributed by atoms with Gasteiger partial charge in [-0.1, -0.05) is 103 Å².